The quantitative estimate of drug-likeness (QED) is 0.850. The van der Waals surface area contributed by atoms with E-state index in [0.29, 0.717) is 11.2 Å². The standard InChI is InChI=1S/C16H20ClN3/c1-12-4-6-13(7-5-12)15(20(2)3)11-19-14-8-9-18-16(17)10-14/h4-10,15H,11H2,1-3H3,(H,18,19). The van der Waals surface area contributed by atoms with Crippen LogP contribution in [0.4, 0.5) is 5.69 Å². The highest BCUT2D eigenvalue weighted by atomic mass is 35.5. The summed E-state index contributed by atoms with van der Waals surface area (Å²) in [6, 6.07) is 12.7. The van der Waals surface area contributed by atoms with Gasteiger partial charge in [-0.2, -0.15) is 0 Å². The third-order valence-electron chi connectivity index (χ3n) is 3.31. The highest BCUT2D eigenvalue weighted by Crippen LogP contribution is 2.20. The van der Waals surface area contributed by atoms with E-state index in [4.69, 9.17) is 11.6 Å². The maximum Gasteiger partial charge on any atom is 0.131 e. The van der Waals surface area contributed by atoms with Crippen molar-refractivity contribution in [2.45, 2.75) is 13.0 Å². The number of nitrogens with one attached hydrogen (secondary N) is 1. The Morgan fingerprint density at radius 3 is 2.50 bits per heavy atom. The molecule has 0 radical (unpaired) electrons. The topological polar surface area (TPSA) is 28.2 Å². The van der Waals surface area contributed by atoms with Crippen LogP contribution in [0.1, 0.15) is 17.2 Å². The first kappa shape index (κ1) is 14.8. The summed E-state index contributed by atoms with van der Waals surface area (Å²) < 4.78 is 0. The number of hydrogen-bond acceptors (Lipinski definition) is 3. The Bertz CT molecular complexity index is 552. The van der Waals surface area contributed by atoms with Crippen LogP contribution < -0.4 is 5.32 Å². The number of hydrogen-bond donors (Lipinski definition) is 1. The van der Waals surface area contributed by atoms with Gasteiger partial charge in [0.2, 0.25) is 0 Å². The van der Waals surface area contributed by atoms with Gasteiger partial charge in [-0.15, -0.1) is 0 Å². The molecule has 1 unspecified atom stereocenters. The van der Waals surface area contributed by atoms with Gasteiger partial charge in [0, 0.05) is 18.4 Å². The van der Waals surface area contributed by atoms with Gasteiger partial charge in [-0.1, -0.05) is 41.4 Å². The first-order valence-electron chi connectivity index (χ1n) is 6.64. The van der Waals surface area contributed by atoms with Crippen molar-refractivity contribution in [1.82, 2.24) is 9.88 Å². The Kier molecular flexibility index (Phi) is 4.99. The second-order valence-corrected chi connectivity index (χ2v) is 5.53. The molecular weight excluding hydrogens is 270 g/mol. The Morgan fingerprint density at radius 1 is 1.20 bits per heavy atom. The summed E-state index contributed by atoms with van der Waals surface area (Å²) in [5, 5.41) is 3.92. The van der Waals surface area contributed by atoms with Crippen molar-refractivity contribution >= 4 is 17.3 Å². The first-order valence-corrected chi connectivity index (χ1v) is 7.02. The summed E-state index contributed by atoms with van der Waals surface area (Å²) in [4.78, 5) is 6.19. The van der Waals surface area contributed by atoms with Crippen LogP contribution in [0.5, 0.6) is 0 Å². The normalized spacial score (nSPS) is 12.4. The van der Waals surface area contributed by atoms with Crippen LogP contribution in [0, 0.1) is 6.92 Å². The molecule has 0 saturated carbocycles. The molecule has 2 rings (SSSR count). The number of likely N-dealkylation sites (N-methyl/N-ethyl adjacent to an activating group) is 1. The second-order valence-electron chi connectivity index (χ2n) is 5.14. The largest absolute Gasteiger partial charge is 0.383 e. The number of rotatable bonds is 5. The third kappa shape index (κ3) is 3.95. The monoisotopic (exact) mass is 289 g/mol. The van der Waals surface area contributed by atoms with E-state index in [1.807, 2.05) is 12.1 Å². The van der Waals surface area contributed by atoms with Crippen molar-refractivity contribution in [2.24, 2.45) is 0 Å². The van der Waals surface area contributed by atoms with Crippen molar-refractivity contribution < 1.29 is 0 Å². The fraction of sp³-hybridized carbons (Fsp3) is 0.312. The van der Waals surface area contributed by atoms with Crippen LogP contribution in [-0.4, -0.2) is 30.5 Å². The third-order valence-corrected chi connectivity index (χ3v) is 3.52. The average Bonchev–Trinajstić information content (AvgIpc) is 2.41. The van der Waals surface area contributed by atoms with Crippen LogP contribution in [0.25, 0.3) is 0 Å². The molecule has 3 nitrogen and oxygen atoms in total. The van der Waals surface area contributed by atoms with Crippen molar-refractivity contribution in [3.8, 4) is 0 Å². The van der Waals surface area contributed by atoms with Gasteiger partial charge in [0.15, 0.2) is 0 Å². The number of pyridine rings is 1. The molecule has 1 heterocycles. The number of aromatic nitrogens is 1. The van der Waals surface area contributed by atoms with Gasteiger partial charge < -0.3 is 10.2 Å². The maximum absolute atomic E-state index is 5.90. The summed E-state index contributed by atoms with van der Waals surface area (Å²) in [6.45, 7) is 2.92. The van der Waals surface area contributed by atoms with Crippen molar-refractivity contribution in [1.29, 1.82) is 0 Å². The van der Waals surface area contributed by atoms with Gasteiger partial charge in [-0.3, -0.25) is 0 Å². The van der Waals surface area contributed by atoms with E-state index in [1.165, 1.54) is 11.1 Å². The van der Waals surface area contributed by atoms with Crippen LogP contribution >= 0.6 is 11.6 Å². The Morgan fingerprint density at radius 2 is 1.90 bits per heavy atom. The number of aryl methyl sites for hydroxylation is 1. The molecule has 0 saturated heterocycles. The summed E-state index contributed by atoms with van der Waals surface area (Å²) in [6.07, 6.45) is 1.71. The lowest BCUT2D eigenvalue weighted by molar-refractivity contribution is 0.312. The molecule has 1 atom stereocenters. The lowest BCUT2D eigenvalue weighted by Crippen LogP contribution is -2.26. The molecule has 0 spiro atoms. The molecule has 1 aromatic heterocycles. The Hall–Kier alpha value is -1.58. The first-order chi connectivity index (χ1) is 9.56. The molecule has 2 aromatic rings. The SMILES string of the molecule is Cc1ccc(C(CNc2ccnc(Cl)c2)N(C)C)cc1. The summed E-state index contributed by atoms with van der Waals surface area (Å²) >= 11 is 5.90. The Balaban J connectivity index is 2.08. The van der Waals surface area contributed by atoms with Gasteiger partial charge >= 0.3 is 0 Å². The van der Waals surface area contributed by atoms with Crippen LogP contribution in [-0.2, 0) is 0 Å². The molecule has 0 aliphatic carbocycles. The van der Waals surface area contributed by atoms with E-state index < -0.39 is 0 Å². The molecule has 0 fully saturated rings. The molecule has 0 amide bonds. The minimum atomic E-state index is 0.308. The zero-order valence-corrected chi connectivity index (χ0v) is 12.9. The highest BCUT2D eigenvalue weighted by Gasteiger charge is 2.13. The zero-order valence-electron chi connectivity index (χ0n) is 12.1. The smallest absolute Gasteiger partial charge is 0.131 e. The van der Waals surface area contributed by atoms with E-state index in [1.54, 1.807) is 6.20 Å². The number of anilines is 1. The van der Waals surface area contributed by atoms with Gasteiger partial charge in [-0.05, 0) is 38.7 Å². The summed E-state index contributed by atoms with van der Waals surface area (Å²) in [5.74, 6) is 0. The molecule has 1 N–H and O–H groups in total. The Labute approximate surface area is 125 Å². The molecule has 20 heavy (non-hydrogen) atoms. The van der Waals surface area contributed by atoms with E-state index >= 15 is 0 Å². The molecule has 106 valence electrons. The van der Waals surface area contributed by atoms with E-state index in [0.717, 1.165) is 12.2 Å². The lowest BCUT2D eigenvalue weighted by atomic mass is 10.0. The van der Waals surface area contributed by atoms with Gasteiger partial charge in [0.25, 0.3) is 0 Å². The molecular formula is C16H20ClN3. The van der Waals surface area contributed by atoms with Gasteiger partial charge in [0.1, 0.15) is 5.15 Å². The molecule has 0 bridgehead atoms. The zero-order chi connectivity index (χ0) is 14.5. The summed E-state index contributed by atoms with van der Waals surface area (Å²) in [7, 11) is 4.18. The predicted molar refractivity (Wildman–Crippen MR) is 85.3 cm³/mol. The summed E-state index contributed by atoms with van der Waals surface area (Å²) in [5.41, 5.74) is 3.57. The molecule has 4 heteroatoms. The van der Waals surface area contributed by atoms with E-state index in [-0.39, 0.29) is 0 Å². The predicted octanol–water partition coefficient (Wildman–Crippen LogP) is 3.76. The van der Waals surface area contributed by atoms with E-state index in [2.05, 4.69) is 60.5 Å². The lowest BCUT2D eigenvalue weighted by Gasteiger charge is -2.25. The molecule has 0 aliphatic rings. The fourth-order valence-electron chi connectivity index (χ4n) is 2.11. The number of halogens is 1. The van der Waals surface area contributed by atoms with Crippen molar-refractivity contribution in [2.75, 3.05) is 26.0 Å². The minimum Gasteiger partial charge on any atom is -0.383 e. The van der Waals surface area contributed by atoms with Gasteiger partial charge in [-0.25, -0.2) is 4.98 Å². The average molecular weight is 290 g/mol. The molecule has 0 aliphatic heterocycles. The second kappa shape index (κ2) is 6.73. The molecule has 1 aromatic carbocycles. The maximum atomic E-state index is 5.90. The highest BCUT2D eigenvalue weighted by molar-refractivity contribution is 6.29. The van der Waals surface area contributed by atoms with Gasteiger partial charge in [0.05, 0.1) is 6.04 Å². The number of benzene rings is 1. The minimum absolute atomic E-state index is 0.308. The van der Waals surface area contributed by atoms with E-state index in [9.17, 15) is 0 Å². The van der Waals surface area contributed by atoms with Crippen molar-refractivity contribution in [3.05, 3.63) is 58.9 Å². The van der Waals surface area contributed by atoms with Crippen LogP contribution in [0.15, 0.2) is 42.6 Å². The van der Waals surface area contributed by atoms with Crippen LogP contribution in [0.3, 0.4) is 0 Å². The van der Waals surface area contributed by atoms with Crippen molar-refractivity contribution in [3.63, 3.8) is 0 Å². The fourth-order valence-corrected chi connectivity index (χ4v) is 2.29. The van der Waals surface area contributed by atoms with Crippen LogP contribution in [0.2, 0.25) is 5.15 Å². The number of nitrogens with zero attached hydrogens (tertiary/aromatic N) is 2.